The lowest BCUT2D eigenvalue weighted by Crippen LogP contribution is -2.34. The standard InChI is InChI=1S/C20H19Cl2N3O4/c1-11(14-8-13(28-2)4-5-17(14)29-3)24-18(26)9-25-10-23-19-15(20(25)27)6-12(21)7-16(19)22/h4-8,10-11H,9H2,1-3H3,(H,24,26). The van der Waals surface area contributed by atoms with E-state index in [0.29, 0.717) is 22.0 Å². The molecule has 0 aliphatic rings. The Bertz CT molecular complexity index is 1130. The van der Waals surface area contributed by atoms with E-state index in [4.69, 9.17) is 32.7 Å². The van der Waals surface area contributed by atoms with Crippen LogP contribution < -0.4 is 20.3 Å². The molecule has 152 valence electrons. The Hall–Kier alpha value is -2.77. The number of methoxy groups -OCH3 is 2. The second-order valence-electron chi connectivity index (χ2n) is 6.36. The molecule has 1 atom stereocenters. The average Bonchev–Trinajstić information content (AvgIpc) is 2.69. The Morgan fingerprint density at radius 3 is 2.66 bits per heavy atom. The van der Waals surface area contributed by atoms with Crippen molar-refractivity contribution in [3.8, 4) is 11.5 Å². The van der Waals surface area contributed by atoms with Gasteiger partial charge in [-0.25, -0.2) is 4.98 Å². The van der Waals surface area contributed by atoms with Gasteiger partial charge in [-0.05, 0) is 37.3 Å². The first kappa shape index (κ1) is 21.0. The van der Waals surface area contributed by atoms with Crippen LogP contribution in [0, 0.1) is 0 Å². The van der Waals surface area contributed by atoms with E-state index in [1.165, 1.54) is 23.0 Å². The zero-order valence-corrected chi connectivity index (χ0v) is 17.5. The van der Waals surface area contributed by atoms with Crippen molar-refractivity contribution in [3.63, 3.8) is 0 Å². The Kier molecular flexibility index (Phi) is 6.30. The average molecular weight is 436 g/mol. The molecular weight excluding hydrogens is 417 g/mol. The molecule has 0 bridgehead atoms. The van der Waals surface area contributed by atoms with Crippen LogP contribution in [0.3, 0.4) is 0 Å². The summed E-state index contributed by atoms with van der Waals surface area (Å²) in [7, 11) is 3.11. The van der Waals surface area contributed by atoms with Gasteiger partial charge < -0.3 is 14.8 Å². The molecule has 1 aromatic heterocycles. The van der Waals surface area contributed by atoms with Crippen LogP contribution >= 0.6 is 23.2 Å². The Labute approximate surface area is 177 Å². The van der Waals surface area contributed by atoms with Gasteiger partial charge in [0.05, 0.1) is 42.5 Å². The highest BCUT2D eigenvalue weighted by Gasteiger charge is 2.17. The molecule has 2 aromatic carbocycles. The van der Waals surface area contributed by atoms with Gasteiger partial charge in [0.15, 0.2) is 0 Å². The summed E-state index contributed by atoms with van der Waals surface area (Å²) in [5.74, 6) is 0.900. The number of fused-ring (bicyclic) bond motifs is 1. The number of carbonyl (C=O) groups excluding carboxylic acids is 1. The van der Waals surface area contributed by atoms with Crippen molar-refractivity contribution in [2.24, 2.45) is 0 Å². The summed E-state index contributed by atoms with van der Waals surface area (Å²) in [4.78, 5) is 29.4. The zero-order chi connectivity index (χ0) is 21.1. The van der Waals surface area contributed by atoms with Crippen molar-refractivity contribution in [1.29, 1.82) is 0 Å². The van der Waals surface area contributed by atoms with Crippen molar-refractivity contribution < 1.29 is 14.3 Å². The number of hydrogen-bond donors (Lipinski definition) is 1. The van der Waals surface area contributed by atoms with Crippen molar-refractivity contribution in [3.05, 3.63) is 62.6 Å². The van der Waals surface area contributed by atoms with Crippen LogP contribution in [0.5, 0.6) is 11.5 Å². The van der Waals surface area contributed by atoms with Crippen molar-refractivity contribution >= 4 is 40.0 Å². The van der Waals surface area contributed by atoms with Crippen LogP contribution in [-0.4, -0.2) is 29.7 Å². The normalized spacial score (nSPS) is 11.9. The fraction of sp³-hybridized carbons (Fsp3) is 0.250. The maximum atomic E-state index is 12.7. The van der Waals surface area contributed by atoms with E-state index in [-0.39, 0.29) is 28.9 Å². The smallest absolute Gasteiger partial charge is 0.261 e. The van der Waals surface area contributed by atoms with Gasteiger partial charge in [-0.3, -0.25) is 14.2 Å². The number of nitrogens with one attached hydrogen (secondary N) is 1. The fourth-order valence-electron chi connectivity index (χ4n) is 3.00. The highest BCUT2D eigenvalue weighted by Crippen LogP contribution is 2.29. The van der Waals surface area contributed by atoms with E-state index in [0.717, 1.165) is 5.56 Å². The van der Waals surface area contributed by atoms with Gasteiger partial charge in [0.2, 0.25) is 5.91 Å². The fourth-order valence-corrected chi connectivity index (χ4v) is 3.55. The van der Waals surface area contributed by atoms with E-state index < -0.39 is 5.56 Å². The van der Waals surface area contributed by atoms with Crippen LogP contribution in [0.4, 0.5) is 0 Å². The molecule has 29 heavy (non-hydrogen) atoms. The van der Waals surface area contributed by atoms with Gasteiger partial charge >= 0.3 is 0 Å². The molecule has 3 rings (SSSR count). The predicted octanol–water partition coefficient (Wildman–Crippen LogP) is 3.60. The molecule has 0 aliphatic carbocycles. The monoisotopic (exact) mass is 435 g/mol. The molecule has 1 unspecified atom stereocenters. The van der Waals surface area contributed by atoms with Crippen molar-refractivity contribution in [1.82, 2.24) is 14.9 Å². The minimum atomic E-state index is -0.402. The summed E-state index contributed by atoms with van der Waals surface area (Å²) in [5.41, 5.74) is 0.691. The van der Waals surface area contributed by atoms with Gasteiger partial charge in [0.25, 0.3) is 5.56 Å². The van der Waals surface area contributed by atoms with Crippen LogP contribution in [0.15, 0.2) is 41.5 Å². The summed E-state index contributed by atoms with van der Waals surface area (Å²) in [5, 5.41) is 3.70. The highest BCUT2D eigenvalue weighted by molar-refractivity contribution is 6.38. The third-order valence-corrected chi connectivity index (χ3v) is 4.95. The van der Waals surface area contributed by atoms with Crippen molar-refractivity contribution in [2.45, 2.75) is 19.5 Å². The minimum absolute atomic E-state index is 0.206. The lowest BCUT2D eigenvalue weighted by molar-refractivity contribution is -0.122. The number of hydrogen-bond acceptors (Lipinski definition) is 5. The van der Waals surface area contributed by atoms with Crippen molar-refractivity contribution in [2.75, 3.05) is 14.2 Å². The van der Waals surface area contributed by atoms with Gasteiger partial charge in [-0.15, -0.1) is 0 Å². The molecular formula is C20H19Cl2N3O4. The number of amides is 1. The molecule has 0 fully saturated rings. The number of ether oxygens (including phenoxy) is 2. The maximum absolute atomic E-state index is 12.7. The first-order chi connectivity index (χ1) is 13.8. The summed E-state index contributed by atoms with van der Waals surface area (Å²) in [6.07, 6.45) is 1.29. The lowest BCUT2D eigenvalue weighted by Gasteiger charge is -2.18. The first-order valence-electron chi connectivity index (χ1n) is 8.69. The van der Waals surface area contributed by atoms with Crippen LogP contribution in [0.2, 0.25) is 10.0 Å². The molecule has 0 radical (unpaired) electrons. The molecule has 0 saturated heterocycles. The van der Waals surface area contributed by atoms with E-state index in [1.807, 2.05) is 6.92 Å². The van der Waals surface area contributed by atoms with Gasteiger partial charge in [0.1, 0.15) is 18.0 Å². The molecule has 3 aromatic rings. The van der Waals surface area contributed by atoms with Gasteiger partial charge in [-0.1, -0.05) is 23.2 Å². The predicted molar refractivity (Wildman–Crippen MR) is 112 cm³/mol. The number of rotatable bonds is 6. The lowest BCUT2D eigenvalue weighted by atomic mass is 10.1. The number of carbonyl (C=O) groups is 1. The highest BCUT2D eigenvalue weighted by atomic mass is 35.5. The molecule has 1 heterocycles. The molecule has 7 nitrogen and oxygen atoms in total. The second-order valence-corrected chi connectivity index (χ2v) is 7.20. The number of nitrogens with zero attached hydrogens (tertiary/aromatic N) is 2. The van der Waals surface area contributed by atoms with E-state index >= 15 is 0 Å². The summed E-state index contributed by atoms with van der Waals surface area (Å²) >= 11 is 12.1. The maximum Gasteiger partial charge on any atom is 0.261 e. The van der Waals surface area contributed by atoms with E-state index in [1.54, 1.807) is 32.4 Å². The number of aromatic nitrogens is 2. The molecule has 1 N–H and O–H groups in total. The molecule has 0 spiro atoms. The second kappa shape index (κ2) is 8.71. The van der Waals surface area contributed by atoms with Crippen LogP contribution in [0.1, 0.15) is 18.5 Å². The Balaban J connectivity index is 1.83. The zero-order valence-electron chi connectivity index (χ0n) is 16.0. The van der Waals surface area contributed by atoms with Gasteiger partial charge in [-0.2, -0.15) is 0 Å². The van der Waals surface area contributed by atoms with Crippen LogP contribution in [-0.2, 0) is 11.3 Å². The molecule has 0 aliphatic heterocycles. The van der Waals surface area contributed by atoms with E-state index in [9.17, 15) is 9.59 Å². The third kappa shape index (κ3) is 4.46. The summed E-state index contributed by atoms with van der Waals surface area (Å²) in [6.45, 7) is 1.61. The van der Waals surface area contributed by atoms with E-state index in [2.05, 4.69) is 10.3 Å². The molecule has 9 heteroatoms. The van der Waals surface area contributed by atoms with Gasteiger partial charge in [0, 0.05) is 10.6 Å². The molecule has 0 saturated carbocycles. The summed E-state index contributed by atoms with van der Waals surface area (Å²) < 4.78 is 11.8. The minimum Gasteiger partial charge on any atom is -0.497 e. The number of halogens is 2. The van der Waals surface area contributed by atoms with Crippen LogP contribution in [0.25, 0.3) is 10.9 Å². The Morgan fingerprint density at radius 2 is 1.97 bits per heavy atom. The topological polar surface area (TPSA) is 82.4 Å². The molecule has 1 amide bonds. The third-order valence-electron chi connectivity index (χ3n) is 4.44. The summed E-state index contributed by atoms with van der Waals surface area (Å²) in [6, 6.07) is 7.95. The SMILES string of the molecule is COc1ccc(OC)c(C(C)NC(=O)Cn2cnc3c(Cl)cc(Cl)cc3c2=O)c1. The quantitative estimate of drug-likeness (QED) is 0.639. The Morgan fingerprint density at radius 1 is 1.21 bits per heavy atom. The number of benzene rings is 2. The first-order valence-corrected chi connectivity index (χ1v) is 9.45. The largest absolute Gasteiger partial charge is 0.497 e.